The molecule has 4 saturated heterocycles. The summed E-state index contributed by atoms with van der Waals surface area (Å²) in [5.41, 5.74) is 0.332. The third-order valence-corrected chi connectivity index (χ3v) is 13.2. The van der Waals surface area contributed by atoms with Crippen molar-refractivity contribution in [2.75, 3.05) is 62.6 Å². The van der Waals surface area contributed by atoms with E-state index in [1.807, 2.05) is 25.7 Å². The van der Waals surface area contributed by atoms with E-state index in [9.17, 15) is 28.0 Å². The van der Waals surface area contributed by atoms with Crippen LogP contribution in [0, 0.1) is 11.6 Å². The molecule has 0 spiro atoms. The average Bonchev–Trinajstić information content (AvgIpc) is 3.91. The van der Waals surface area contributed by atoms with Crippen LogP contribution in [0.25, 0.3) is 0 Å². The number of likely N-dealkylation sites (tertiary alicyclic amines) is 3. The van der Waals surface area contributed by atoms with Crippen LogP contribution in [0.5, 0.6) is 0 Å². The third-order valence-electron chi connectivity index (χ3n) is 13.2. The van der Waals surface area contributed by atoms with Gasteiger partial charge in [0.1, 0.15) is 28.4 Å². The number of carbonyl (C=O) groups is 4. The summed E-state index contributed by atoms with van der Waals surface area (Å²) >= 11 is 0. The van der Waals surface area contributed by atoms with E-state index in [0.717, 1.165) is 82.6 Å². The molecular formula is C50H74F2N6O7. The van der Waals surface area contributed by atoms with E-state index < -0.39 is 40.5 Å². The lowest BCUT2D eigenvalue weighted by Gasteiger charge is -2.44. The summed E-state index contributed by atoms with van der Waals surface area (Å²) in [6.45, 7) is 27.5. The van der Waals surface area contributed by atoms with Crippen molar-refractivity contribution < 1.29 is 42.2 Å². The number of hydrogen-bond donors (Lipinski definition) is 2. The van der Waals surface area contributed by atoms with E-state index in [2.05, 4.69) is 34.3 Å². The number of piperidine rings is 2. The van der Waals surface area contributed by atoms with Gasteiger partial charge in [0.05, 0.1) is 6.42 Å². The summed E-state index contributed by atoms with van der Waals surface area (Å²) in [5.74, 6) is -3.72. The molecule has 7 rings (SSSR count). The van der Waals surface area contributed by atoms with Crippen LogP contribution in [0.3, 0.4) is 0 Å². The Morgan fingerprint density at radius 2 is 1.29 bits per heavy atom. The predicted octanol–water partition coefficient (Wildman–Crippen LogP) is 7.80. The molecule has 0 radical (unpaired) electrons. The Labute approximate surface area is 385 Å². The summed E-state index contributed by atoms with van der Waals surface area (Å²) in [6, 6.07) is 9.12. The van der Waals surface area contributed by atoms with Crippen LogP contribution < -0.4 is 15.5 Å². The number of ether oxygens (including phenoxy) is 3. The molecule has 0 aromatic heterocycles. The zero-order chi connectivity index (χ0) is 47.7. The Kier molecular flexibility index (Phi) is 15.0. The minimum absolute atomic E-state index is 0.0374. The fourth-order valence-corrected chi connectivity index (χ4v) is 9.90. The van der Waals surface area contributed by atoms with Crippen molar-refractivity contribution in [2.24, 2.45) is 0 Å². The summed E-state index contributed by atoms with van der Waals surface area (Å²) < 4.78 is 44.7. The Morgan fingerprint density at radius 3 is 1.86 bits per heavy atom. The fraction of sp³-hybridized carbons (Fsp3) is 0.680. The van der Waals surface area contributed by atoms with E-state index in [1.54, 1.807) is 58.6 Å². The molecular weight excluding hydrogens is 835 g/mol. The number of halogens is 2. The molecule has 2 N–H and O–H groups in total. The van der Waals surface area contributed by atoms with E-state index in [1.165, 1.54) is 30.7 Å². The molecule has 0 saturated carbocycles. The first-order chi connectivity index (χ1) is 30.2. The van der Waals surface area contributed by atoms with Crippen LogP contribution >= 0.6 is 0 Å². The average molecular weight is 909 g/mol. The normalized spacial score (nSPS) is 23.9. The van der Waals surface area contributed by atoms with Crippen LogP contribution in [0.1, 0.15) is 132 Å². The first kappa shape index (κ1) is 50.1. The van der Waals surface area contributed by atoms with Gasteiger partial charge in [0, 0.05) is 85.9 Å². The summed E-state index contributed by atoms with van der Waals surface area (Å²) in [6.07, 6.45) is 5.70. The van der Waals surface area contributed by atoms with Gasteiger partial charge in [-0.3, -0.25) is 24.2 Å². The summed E-state index contributed by atoms with van der Waals surface area (Å²) in [7, 11) is 0. The van der Waals surface area contributed by atoms with Crippen molar-refractivity contribution in [1.29, 1.82) is 0 Å². The van der Waals surface area contributed by atoms with Gasteiger partial charge in [0.15, 0.2) is 5.92 Å². The molecule has 2 aromatic rings. The second kappa shape index (κ2) is 19.5. The summed E-state index contributed by atoms with van der Waals surface area (Å²) in [4.78, 5) is 60.4. The third kappa shape index (κ3) is 12.8. The van der Waals surface area contributed by atoms with Gasteiger partial charge in [0.2, 0.25) is 5.91 Å². The van der Waals surface area contributed by atoms with Gasteiger partial charge in [-0.1, -0.05) is 0 Å². The highest BCUT2D eigenvalue weighted by Gasteiger charge is 2.44. The van der Waals surface area contributed by atoms with Crippen LogP contribution in [-0.2, 0) is 35.0 Å². The van der Waals surface area contributed by atoms with E-state index in [0.29, 0.717) is 25.2 Å². The van der Waals surface area contributed by atoms with Crippen molar-refractivity contribution in [3.63, 3.8) is 0 Å². The largest absolute Gasteiger partial charge is 0.459 e. The van der Waals surface area contributed by atoms with Crippen molar-refractivity contribution in [3.05, 3.63) is 59.2 Å². The van der Waals surface area contributed by atoms with Crippen molar-refractivity contribution in [2.45, 2.75) is 167 Å². The molecule has 5 aliphatic heterocycles. The molecule has 2 aromatic carbocycles. The molecule has 4 fully saturated rings. The molecule has 0 aliphatic carbocycles. The molecule has 2 atom stereocenters. The lowest BCUT2D eigenvalue weighted by molar-refractivity contribution is -0.169. The lowest BCUT2D eigenvalue weighted by atomic mass is 9.92. The number of hydrogen-bond acceptors (Lipinski definition) is 11. The topological polar surface area (TPSA) is 133 Å². The lowest BCUT2D eigenvalue weighted by Crippen LogP contribution is -2.54. The number of carbonyl (C=O) groups excluding carboxylic acids is 4. The minimum atomic E-state index is -1.45. The Morgan fingerprint density at radius 1 is 0.738 bits per heavy atom. The highest BCUT2D eigenvalue weighted by Crippen LogP contribution is 2.37. The van der Waals surface area contributed by atoms with Crippen LogP contribution in [0.2, 0.25) is 0 Å². The zero-order valence-electron chi connectivity index (χ0n) is 40.7. The minimum Gasteiger partial charge on any atom is -0.459 e. The first-order valence-electron chi connectivity index (χ1n) is 23.5. The van der Waals surface area contributed by atoms with Gasteiger partial charge >= 0.3 is 18.0 Å². The van der Waals surface area contributed by atoms with Crippen LogP contribution in [0.4, 0.5) is 25.0 Å². The molecule has 0 bridgehead atoms. The maximum Gasteiger partial charge on any atom is 0.410 e. The number of benzene rings is 2. The molecule has 5 heterocycles. The van der Waals surface area contributed by atoms with Gasteiger partial charge in [-0.05, 0) is 163 Å². The van der Waals surface area contributed by atoms with E-state index in [4.69, 9.17) is 14.2 Å². The van der Waals surface area contributed by atoms with Gasteiger partial charge in [-0.15, -0.1) is 0 Å². The van der Waals surface area contributed by atoms with Gasteiger partial charge in [-0.25, -0.2) is 13.6 Å². The van der Waals surface area contributed by atoms with Crippen molar-refractivity contribution in [3.8, 4) is 0 Å². The second-order valence-corrected chi connectivity index (χ2v) is 22.1. The fourth-order valence-electron chi connectivity index (χ4n) is 9.90. The number of amides is 2. The van der Waals surface area contributed by atoms with Gasteiger partial charge < -0.3 is 34.6 Å². The molecule has 360 valence electrons. The standard InChI is InChI=1S/C32H50FN3O6.C18H24FN3O/c1-29(2,3)40-26(37)25(27(38)41-30(4,5)6)23-19-21(33)11-12-24(23)34-22-13-16-36(17-14-22)32(10)15-18-35(20-32)28(39)42-31(7,8)9;1-18(6-7-20-12-18)21-8-4-15(5-9-21)22-16-3-2-14(19)10-13(16)11-17(22)23/h11-12,19,22,25,34H,13-18,20H2,1-10H3;2-3,10,15,20H,4-9,11-12H2,1H3. The van der Waals surface area contributed by atoms with Crippen molar-refractivity contribution in [1.82, 2.24) is 20.0 Å². The molecule has 65 heavy (non-hydrogen) atoms. The molecule has 15 heteroatoms. The first-order valence-corrected chi connectivity index (χ1v) is 23.5. The highest BCUT2D eigenvalue weighted by molar-refractivity contribution is 6.03. The number of anilines is 2. The molecule has 13 nitrogen and oxygen atoms in total. The number of esters is 2. The molecule has 2 unspecified atom stereocenters. The van der Waals surface area contributed by atoms with Crippen LogP contribution in [0.15, 0.2) is 36.4 Å². The van der Waals surface area contributed by atoms with Crippen molar-refractivity contribution >= 4 is 35.3 Å². The predicted molar refractivity (Wildman–Crippen MR) is 248 cm³/mol. The highest BCUT2D eigenvalue weighted by atomic mass is 19.1. The SMILES string of the molecule is CC(C)(C)OC(=O)C(C(=O)OC(C)(C)C)c1cc(F)ccc1NC1CCN(C2(C)CCN(C(=O)OC(C)(C)C)C2)CC1.CC1(N2CCC(N3C(=O)Cc4cc(F)ccc43)CC2)CCNC1. The smallest absolute Gasteiger partial charge is 0.410 e. The summed E-state index contributed by atoms with van der Waals surface area (Å²) in [5, 5.41) is 6.94. The second-order valence-electron chi connectivity index (χ2n) is 22.1. The Bertz CT molecular complexity index is 2010. The maximum absolute atomic E-state index is 14.6. The monoisotopic (exact) mass is 909 g/mol. The van der Waals surface area contributed by atoms with E-state index >= 15 is 0 Å². The number of nitrogens with one attached hydrogen (secondary N) is 2. The number of nitrogens with zero attached hydrogens (tertiary/aromatic N) is 4. The number of fused-ring (bicyclic) bond motifs is 1. The van der Waals surface area contributed by atoms with Gasteiger partial charge in [0.25, 0.3) is 0 Å². The zero-order valence-corrected chi connectivity index (χ0v) is 40.7. The number of rotatable bonds is 8. The van der Waals surface area contributed by atoms with E-state index in [-0.39, 0.29) is 46.5 Å². The quantitative estimate of drug-likeness (QED) is 0.153. The Hall–Kier alpha value is -4.34. The molecule has 2 amide bonds. The molecule has 5 aliphatic rings. The van der Waals surface area contributed by atoms with Gasteiger partial charge in [-0.2, -0.15) is 0 Å². The van der Waals surface area contributed by atoms with Crippen LogP contribution in [-0.4, -0.2) is 131 Å². The maximum atomic E-state index is 14.6. The Balaban J connectivity index is 0.000000253.